The topological polar surface area (TPSA) is 38.7 Å². The zero-order chi connectivity index (χ0) is 15.2. The summed E-state index contributed by atoms with van der Waals surface area (Å²) in [6.45, 7) is 6.44. The number of aliphatic hydroxyl groups is 1. The maximum atomic E-state index is 10.4. The van der Waals surface area contributed by atoms with E-state index in [1.165, 1.54) is 5.56 Å². The second kappa shape index (κ2) is 7.14. The van der Waals surface area contributed by atoms with Crippen LogP contribution in [-0.4, -0.2) is 17.8 Å². The summed E-state index contributed by atoms with van der Waals surface area (Å²) in [4.78, 5) is 0. The van der Waals surface area contributed by atoms with E-state index in [2.05, 4.69) is 0 Å². The van der Waals surface area contributed by atoms with Gasteiger partial charge in [0.05, 0.1) is 6.61 Å². The fraction of sp³-hybridized carbons (Fsp3) is 0.333. The molecule has 0 aliphatic heterocycles. The van der Waals surface area contributed by atoms with Crippen LogP contribution >= 0.6 is 0 Å². The minimum Gasteiger partial charge on any atom is -0.494 e. The molecule has 0 spiro atoms. The molecule has 2 rings (SSSR count). The summed E-state index contributed by atoms with van der Waals surface area (Å²) in [6.07, 6.45) is -1.01. The second-order valence-electron chi connectivity index (χ2n) is 5.09. The molecule has 0 aliphatic rings. The van der Waals surface area contributed by atoms with E-state index in [1.807, 2.05) is 69.3 Å². The molecule has 0 fully saturated rings. The molecule has 2 aromatic carbocycles. The van der Waals surface area contributed by atoms with Crippen LogP contribution in [0.1, 0.15) is 31.1 Å². The fourth-order valence-electron chi connectivity index (χ4n) is 2.12. The third kappa shape index (κ3) is 4.23. The van der Waals surface area contributed by atoms with Gasteiger partial charge in [0.15, 0.2) is 0 Å². The van der Waals surface area contributed by atoms with Gasteiger partial charge in [-0.3, -0.25) is 0 Å². The van der Waals surface area contributed by atoms with Crippen LogP contribution in [0.15, 0.2) is 48.5 Å². The van der Waals surface area contributed by atoms with E-state index < -0.39 is 6.10 Å². The number of benzene rings is 2. The van der Waals surface area contributed by atoms with Gasteiger partial charge in [-0.25, -0.2) is 0 Å². The van der Waals surface area contributed by atoms with Gasteiger partial charge in [-0.15, -0.1) is 0 Å². The highest BCUT2D eigenvalue weighted by Gasteiger charge is 2.18. The maximum Gasteiger partial charge on any atom is 0.126 e. The Hall–Kier alpha value is -2.00. The van der Waals surface area contributed by atoms with Gasteiger partial charge in [-0.1, -0.05) is 35.9 Å². The quantitative estimate of drug-likeness (QED) is 0.875. The molecular weight excluding hydrogens is 264 g/mol. The van der Waals surface area contributed by atoms with Crippen molar-refractivity contribution in [2.45, 2.75) is 33.0 Å². The maximum absolute atomic E-state index is 10.4. The number of rotatable bonds is 6. The van der Waals surface area contributed by atoms with Crippen LogP contribution < -0.4 is 9.47 Å². The lowest BCUT2D eigenvalue weighted by molar-refractivity contribution is 0.0466. The fourth-order valence-corrected chi connectivity index (χ4v) is 2.12. The van der Waals surface area contributed by atoms with Crippen molar-refractivity contribution in [3.8, 4) is 11.5 Å². The van der Waals surface area contributed by atoms with Crippen molar-refractivity contribution in [2.75, 3.05) is 6.61 Å². The van der Waals surface area contributed by atoms with E-state index in [4.69, 9.17) is 9.47 Å². The molecule has 0 aromatic heterocycles. The van der Waals surface area contributed by atoms with Crippen LogP contribution in [0.4, 0.5) is 0 Å². The van der Waals surface area contributed by atoms with Crippen molar-refractivity contribution in [2.24, 2.45) is 0 Å². The molecule has 1 N–H and O–H groups in total. The van der Waals surface area contributed by atoms with Gasteiger partial charge < -0.3 is 14.6 Å². The molecule has 0 bridgehead atoms. The Morgan fingerprint density at radius 1 is 1.05 bits per heavy atom. The van der Waals surface area contributed by atoms with Crippen molar-refractivity contribution in [3.63, 3.8) is 0 Å². The van der Waals surface area contributed by atoms with E-state index >= 15 is 0 Å². The van der Waals surface area contributed by atoms with E-state index in [-0.39, 0.29) is 6.10 Å². The van der Waals surface area contributed by atoms with Gasteiger partial charge in [-0.2, -0.15) is 0 Å². The molecule has 2 unspecified atom stereocenters. The monoisotopic (exact) mass is 286 g/mol. The summed E-state index contributed by atoms with van der Waals surface area (Å²) >= 11 is 0. The van der Waals surface area contributed by atoms with Crippen molar-refractivity contribution < 1.29 is 14.6 Å². The largest absolute Gasteiger partial charge is 0.494 e. The zero-order valence-corrected chi connectivity index (χ0v) is 12.7. The molecule has 0 saturated carbocycles. The van der Waals surface area contributed by atoms with E-state index in [9.17, 15) is 5.11 Å². The summed E-state index contributed by atoms with van der Waals surface area (Å²) in [7, 11) is 0. The van der Waals surface area contributed by atoms with Crippen LogP contribution in [0.3, 0.4) is 0 Å². The second-order valence-corrected chi connectivity index (χ2v) is 5.09. The SMILES string of the molecule is CCOc1cccc(OC(C)C(O)c2ccc(C)cc2)c1. The summed E-state index contributed by atoms with van der Waals surface area (Å²) < 4.78 is 11.3. The average Bonchev–Trinajstić information content (AvgIpc) is 2.48. The average molecular weight is 286 g/mol. The number of aliphatic hydroxyl groups excluding tert-OH is 1. The predicted molar refractivity (Wildman–Crippen MR) is 83.8 cm³/mol. The number of ether oxygens (including phenoxy) is 2. The predicted octanol–water partition coefficient (Wildman–Crippen LogP) is 3.89. The van der Waals surface area contributed by atoms with Gasteiger partial charge in [0.2, 0.25) is 0 Å². The van der Waals surface area contributed by atoms with Crippen molar-refractivity contribution in [1.82, 2.24) is 0 Å². The van der Waals surface area contributed by atoms with Crippen molar-refractivity contribution >= 4 is 0 Å². The Labute approximate surface area is 126 Å². The van der Waals surface area contributed by atoms with E-state index in [0.29, 0.717) is 12.4 Å². The Bertz CT molecular complexity index is 563. The molecule has 0 heterocycles. The Balaban J connectivity index is 2.04. The van der Waals surface area contributed by atoms with E-state index in [0.717, 1.165) is 11.3 Å². The number of aryl methyl sites for hydroxylation is 1. The first-order valence-corrected chi connectivity index (χ1v) is 7.24. The van der Waals surface area contributed by atoms with E-state index in [1.54, 1.807) is 0 Å². The third-order valence-electron chi connectivity index (χ3n) is 3.30. The first-order valence-electron chi connectivity index (χ1n) is 7.24. The Morgan fingerprint density at radius 3 is 2.38 bits per heavy atom. The van der Waals surface area contributed by atoms with Gasteiger partial charge in [-0.05, 0) is 38.5 Å². The van der Waals surface area contributed by atoms with Crippen molar-refractivity contribution in [1.29, 1.82) is 0 Å². The molecule has 0 radical (unpaired) electrons. The van der Waals surface area contributed by atoms with Crippen LogP contribution in [-0.2, 0) is 0 Å². The first-order chi connectivity index (χ1) is 10.1. The molecule has 0 saturated heterocycles. The van der Waals surface area contributed by atoms with Crippen LogP contribution in [0.5, 0.6) is 11.5 Å². The highest BCUT2D eigenvalue weighted by atomic mass is 16.5. The molecule has 0 aliphatic carbocycles. The Morgan fingerprint density at radius 2 is 1.71 bits per heavy atom. The standard InChI is InChI=1S/C18H22O3/c1-4-20-16-6-5-7-17(12-16)21-14(3)18(19)15-10-8-13(2)9-11-15/h5-12,14,18-19H,4H2,1-3H3. The highest BCUT2D eigenvalue weighted by Crippen LogP contribution is 2.25. The molecule has 3 nitrogen and oxygen atoms in total. The Kier molecular flexibility index (Phi) is 5.23. The minimum atomic E-state index is -0.665. The zero-order valence-electron chi connectivity index (χ0n) is 12.7. The molecule has 2 atom stereocenters. The van der Waals surface area contributed by atoms with Gasteiger partial charge in [0, 0.05) is 6.07 Å². The van der Waals surface area contributed by atoms with Gasteiger partial charge in [0.25, 0.3) is 0 Å². The normalized spacial score (nSPS) is 13.5. The first kappa shape index (κ1) is 15.4. The van der Waals surface area contributed by atoms with Gasteiger partial charge in [0.1, 0.15) is 23.7 Å². The van der Waals surface area contributed by atoms with Crippen LogP contribution in [0.2, 0.25) is 0 Å². The molecule has 3 heteroatoms. The molecule has 112 valence electrons. The number of hydrogen-bond donors (Lipinski definition) is 1. The lowest BCUT2D eigenvalue weighted by atomic mass is 10.0. The molecular formula is C18H22O3. The summed E-state index contributed by atoms with van der Waals surface area (Å²) in [6, 6.07) is 15.3. The number of hydrogen-bond acceptors (Lipinski definition) is 3. The minimum absolute atomic E-state index is 0.343. The lowest BCUT2D eigenvalue weighted by Crippen LogP contribution is -2.21. The summed E-state index contributed by atoms with van der Waals surface area (Å²) in [5.41, 5.74) is 2.03. The molecule has 21 heavy (non-hydrogen) atoms. The van der Waals surface area contributed by atoms with Crippen molar-refractivity contribution in [3.05, 3.63) is 59.7 Å². The smallest absolute Gasteiger partial charge is 0.126 e. The van der Waals surface area contributed by atoms with Crippen LogP contribution in [0.25, 0.3) is 0 Å². The van der Waals surface area contributed by atoms with Gasteiger partial charge >= 0.3 is 0 Å². The summed E-state index contributed by atoms with van der Waals surface area (Å²) in [5, 5.41) is 10.4. The highest BCUT2D eigenvalue weighted by molar-refractivity contribution is 5.33. The third-order valence-corrected chi connectivity index (χ3v) is 3.30. The van der Waals surface area contributed by atoms with Crippen LogP contribution in [0, 0.1) is 6.92 Å². The molecule has 2 aromatic rings. The summed E-state index contributed by atoms with van der Waals surface area (Å²) in [5.74, 6) is 1.46. The lowest BCUT2D eigenvalue weighted by Gasteiger charge is -2.21. The molecule has 0 amide bonds.